The average Bonchev–Trinajstić information content (AvgIpc) is 2.70. The fourth-order valence-corrected chi connectivity index (χ4v) is 2.81. The number of aromatic carboxylic acids is 1. The van der Waals surface area contributed by atoms with Gasteiger partial charge >= 0.3 is 5.97 Å². The van der Waals surface area contributed by atoms with Crippen LogP contribution in [0, 0.1) is 6.92 Å². The van der Waals surface area contributed by atoms with Crippen LogP contribution < -0.4 is 0 Å². The molecule has 4 nitrogen and oxygen atoms in total. The third-order valence-corrected chi connectivity index (χ3v) is 4.06. The number of para-hydroxylation sites is 1. The summed E-state index contributed by atoms with van der Waals surface area (Å²) in [6, 6.07) is 5.33. The normalized spacial score (nSPS) is 11.1. The number of imidazole rings is 1. The number of fused-ring (bicyclic) bond motifs is 1. The van der Waals surface area contributed by atoms with E-state index in [4.69, 9.17) is 0 Å². The monoisotopic (exact) mass is 278 g/mol. The number of aromatic nitrogens is 2. The van der Waals surface area contributed by atoms with Crippen molar-refractivity contribution in [1.82, 2.24) is 9.55 Å². The van der Waals surface area contributed by atoms with Gasteiger partial charge in [-0.05, 0) is 37.0 Å². The van der Waals surface area contributed by atoms with Crippen molar-refractivity contribution >= 4 is 28.8 Å². The van der Waals surface area contributed by atoms with E-state index in [0.717, 1.165) is 35.8 Å². The second-order valence-corrected chi connectivity index (χ2v) is 5.73. The second-order valence-electron chi connectivity index (χ2n) is 4.34. The number of carboxylic acids is 1. The van der Waals surface area contributed by atoms with Crippen LogP contribution in [-0.4, -0.2) is 32.1 Å². The number of benzene rings is 1. The van der Waals surface area contributed by atoms with E-state index in [1.165, 1.54) is 0 Å². The Bertz CT molecular complexity index is 592. The molecule has 2 aromatic rings. The van der Waals surface area contributed by atoms with Crippen LogP contribution in [0.4, 0.5) is 0 Å². The van der Waals surface area contributed by atoms with Crippen molar-refractivity contribution in [3.63, 3.8) is 0 Å². The molecule has 0 unspecified atom stereocenters. The molecular formula is C14H18N2O2S. The van der Waals surface area contributed by atoms with E-state index in [1.807, 2.05) is 24.8 Å². The minimum absolute atomic E-state index is 0.280. The van der Waals surface area contributed by atoms with Gasteiger partial charge in [0, 0.05) is 6.54 Å². The van der Waals surface area contributed by atoms with Gasteiger partial charge in [-0.3, -0.25) is 0 Å². The summed E-state index contributed by atoms with van der Waals surface area (Å²) in [4.78, 5) is 15.6. The maximum Gasteiger partial charge on any atom is 0.337 e. The van der Waals surface area contributed by atoms with E-state index in [2.05, 4.69) is 16.5 Å². The van der Waals surface area contributed by atoms with Crippen LogP contribution in [0.5, 0.6) is 0 Å². The summed E-state index contributed by atoms with van der Waals surface area (Å²) in [5.41, 5.74) is 1.79. The molecule has 0 spiro atoms. The largest absolute Gasteiger partial charge is 0.478 e. The minimum atomic E-state index is -0.920. The molecule has 0 atom stereocenters. The van der Waals surface area contributed by atoms with E-state index in [1.54, 1.807) is 12.1 Å². The van der Waals surface area contributed by atoms with Crippen LogP contribution in [-0.2, 0) is 6.54 Å². The molecule has 0 bridgehead atoms. The molecule has 5 heteroatoms. The number of carbonyl (C=O) groups is 1. The van der Waals surface area contributed by atoms with Gasteiger partial charge in [0.15, 0.2) is 0 Å². The van der Waals surface area contributed by atoms with Crippen LogP contribution in [0.25, 0.3) is 11.0 Å². The van der Waals surface area contributed by atoms with Gasteiger partial charge in [-0.2, -0.15) is 11.8 Å². The quantitative estimate of drug-likeness (QED) is 0.824. The van der Waals surface area contributed by atoms with Crippen LogP contribution in [0.1, 0.15) is 29.5 Å². The second kappa shape index (κ2) is 6.10. The highest BCUT2D eigenvalue weighted by atomic mass is 32.2. The number of hydrogen-bond acceptors (Lipinski definition) is 3. The summed E-state index contributed by atoms with van der Waals surface area (Å²) >= 11 is 1.92. The molecule has 0 aliphatic carbocycles. The Morgan fingerprint density at radius 3 is 2.95 bits per heavy atom. The van der Waals surface area contributed by atoms with Crippen molar-refractivity contribution in [3.8, 4) is 0 Å². The van der Waals surface area contributed by atoms with Gasteiger partial charge < -0.3 is 9.67 Å². The minimum Gasteiger partial charge on any atom is -0.478 e. The van der Waals surface area contributed by atoms with Crippen molar-refractivity contribution < 1.29 is 9.90 Å². The fourth-order valence-electron chi connectivity index (χ4n) is 2.19. The third kappa shape index (κ3) is 2.92. The van der Waals surface area contributed by atoms with E-state index < -0.39 is 5.97 Å². The lowest BCUT2D eigenvalue weighted by Crippen LogP contribution is -2.02. The molecule has 102 valence electrons. The SMILES string of the molecule is CCSCCCn1c(C)nc2c(C(=O)O)cccc21. The van der Waals surface area contributed by atoms with Gasteiger partial charge in [0.25, 0.3) is 0 Å². The molecule has 19 heavy (non-hydrogen) atoms. The number of carboxylic acid groups (broad SMARTS) is 1. The number of aryl methyl sites for hydroxylation is 2. The average molecular weight is 278 g/mol. The van der Waals surface area contributed by atoms with Crippen molar-refractivity contribution in [2.75, 3.05) is 11.5 Å². The first kappa shape index (κ1) is 13.9. The van der Waals surface area contributed by atoms with Gasteiger partial charge in [-0.1, -0.05) is 13.0 Å². The van der Waals surface area contributed by atoms with Crippen LogP contribution in [0.15, 0.2) is 18.2 Å². The van der Waals surface area contributed by atoms with Crippen molar-refractivity contribution in [2.24, 2.45) is 0 Å². The molecule has 1 heterocycles. The topological polar surface area (TPSA) is 55.1 Å². The van der Waals surface area contributed by atoms with Gasteiger partial charge in [0.05, 0.1) is 11.1 Å². The van der Waals surface area contributed by atoms with E-state index in [9.17, 15) is 9.90 Å². The van der Waals surface area contributed by atoms with Gasteiger partial charge in [0.2, 0.25) is 0 Å². The van der Waals surface area contributed by atoms with Crippen LogP contribution in [0.3, 0.4) is 0 Å². The highest BCUT2D eigenvalue weighted by Gasteiger charge is 2.14. The Balaban J connectivity index is 2.31. The third-order valence-electron chi connectivity index (χ3n) is 3.07. The summed E-state index contributed by atoms with van der Waals surface area (Å²) in [5.74, 6) is 2.21. The van der Waals surface area contributed by atoms with Crippen LogP contribution in [0.2, 0.25) is 0 Å². The fraction of sp³-hybridized carbons (Fsp3) is 0.429. The number of nitrogens with zero attached hydrogens (tertiary/aromatic N) is 2. The Morgan fingerprint density at radius 2 is 2.26 bits per heavy atom. The maximum absolute atomic E-state index is 11.2. The molecule has 0 saturated carbocycles. The van der Waals surface area contributed by atoms with Crippen molar-refractivity contribution in [3.05, 3.63) is 29.6 Å². The van der Waals surface area contributed by atoms with Crippen molar-refractivity contribution in [1.29, 1.82) is 0 Å². The molecule has 0 amide bonds. The first-order chi connectivity index (χ1) is 9.15. The highest BCUT2D eigenvalue weighted by Crippen LogP contribution is 2.20. The number of thioether (sulfide) groups is 1. The van der Waals surface area contributed by atoms with Crippen LogP contribution >= 0.6 is 11.8 Å². The Kier molecular flexibility index (Phi) is 4.47. The Hall–Kier alpha value is -1.49. The lowest BCUT2D eigenvalue weighted by molar-refractivity contribution is 0.0699. The first-order valence-electron chi connectivity index (χ1n) is 6.42. The summed E-state index contributed by atoms with van der Waals surface area (Å²) in [7, 11) is 0. The highest BCUT2D eigenvalue weighted by molar-refractivity contribution is 7.99. The lowest BCUT2D eigenvalue weighted by atomic mass is 10.2. The Labute approximate surface area is 116 Å². The zero-order valence-electron chi connectivity index (χ0n) is 11.2. The number of rotatable bonds is 6. The summed E-state index contributed by atoms with van der Waals surface area (Å²) in [5, 5.41) is 9.18. The van der Waals surface area contributed by atoms with Gasteiger partial charge in [-0.25, -0.2) is 9.78 Å². The molecule has 1 N–H and O–H groups in total. The summed E-state index contributed by atoms with van der Waals surface area (Å²) in [6.07, 6.45) is 1.07. The zero-order valence-corrected chi connectivity index (χ0v) is 12.0. The summed E-state index contributed by atoms with van der Waals surface area (Å²) < 4.78 is 2.11. The van der Waals surface area contributed by atoms with Gasteiger partial charge in [-0.15, -0.1) is 0 Å². The molecule has 0 radical (unpaired) electrons. The number of hydrogen-bond donors (Lipinski definition) is 1. The zero-order chi connectivity index (χ0) is 13.8. The van der Waals surface area contributed by atoms with E-state index >= 15 is 0 Å². The molecule has 2 rings (SSSR count). The molecule has 0 aliphatic rings. The summed E-state index contributed by atoms with van der Waals surface area (Å²) in [6.45, 7) is 4.97. The maximum atomic E-state index is 11.2. The van der Waals surface area contributed by atoms with Gasteiger partial charge in [0.1, 0.15) is 11.3 Å². The van der Waals surface area contributed by atoms with Crippen molar-refractivity contribution in [2.45, 2.75) is 26.8 Å². The predicted molar refractivity (Wildman–Crippen MR) is 79.0 cm³/mol. The molecule has 1 aromatic heterocycles. The molecule has 1 aromatic carbocycles. The predicted octanol–water partition coefficient (Wildman–Crippen LogP) is 3.19. The molecule has 0 saturated heterocycles. The lowest BCUT2D eigenvalue weighted by Gasteiger charge is -2.06. The first-order valence-corrected chi connectivity index (χ1v) is 7.57. The van der Waals surface area contributed by atoms with E-state index in [-0.39, 0.29) is 5.56 Å². The molecule has 0 aliphatic heterocycles. The Morgan fingerprint density at radius 1 is 1.47 bits per heavy atom. The molecule has 0 fully saturated rings. The van der Waals surface area contributed by atoms with E-state index in [0.29, 0.717) is 5.52 Å². The smallest absolute Gasteiger partial charge is 0.337 e. The standard InChI is InChI=1S/C14H18N2O2S/c1-3-19-9-5-8-16-10(2)15-13-11(14(17)18)6-4-7-12(13)16/h4,6-7H,3,5,8-9H2,1-2H3,(H,17,18). The molecular weight excluding hydrogens is 260 g/mol.